The monoisotopic (exact) mass is 295 g/mol. The first kappa shape index (κ1) is 14.5. The number of aromatic nitrogens is 2. The van der Waals surface area contributed by atoms with E-state index in [0.717, 1.165) is 6.54 Å². The second-order valence-corrected chi connectivity index (χ2v) is 5.25. The maximum atomic E-state index is 13.5. The molecule has 0 spiro atoms. The molecule has 0 fully saturated rings. The van der Waals surface area contributed by atoms with Crippen molar-refractivity contribution in [2.75, 3.05) is 0 Å². The van der Waals surface area contributed by atoms with Crippen LogP contribution in [0.5, 0.6) is 0 Å². The summed E-state index contributed by atoms with van der Waals surface area (Å²) in [4.78, 5) is 4.05. The number of nitrogens with zero attached hydrogens (tertiary/aromatic N) is 2. The van der Waals surface area contributed by atoms with Crippen LogP contribution in [-0.4, -0.2) is 9.55 Å². The Kier molecular flexibility index (Phi) is 4.61. The lowest BCUT2D eigenvalue weighted by molar-refractivity contribution is 0.588. The van der Waals surface area contributed by atoms with Gasteiger partial charge in [-0.3, -0.25) is 0 Å². The van der Waals surface area contributed by atoms with E-state index >= 15 is 0 Å². The number of rotatable bonds is 6. The summed E-state index contributed by atoms with van der Waals surface area (Å²) in [6, 6.07) is 15.2. The third kappa shape index (κ3) is 3.80. The fourth-order valence-corrected chi connectivity index (χ4v) is 2.41. The molecule has 3 aromatic rings. The molecule has 0 unspecified atom stereocenters. The molecule has 0 radical (unpaired) electrons. The molecule has 22 heavy (non-hydrogen) atoms. The summed E-state index contributed by atoms with van der Waals surface area (Å²) in [5, 5.41) is 3.29. The van der Waals surface area contributed by atoms with E-state index in [9.17, 15) is 4.39 Å². The fourth-order valence-electron chi connectivity index (χ4n) is 2.41. The van der Waals surface area contributed by atoms with Gasteiger partial charge in [0.05, 0.1) is 6.33 Å². The number of imidazole rings is 1. The van der Waals surface area contributed by atoms with Gasteiger partial charge in [-0.25, -0.2) is 9.37 Å². The predicted octanol–water partition coefficient (Wildman–Crippen LogP) is 3.36. The molecular weight excluding hydrogens is 277 g/mol. The molecule has 4 heteroatoms. The minimum atomic E-state index is -0.163. The highest BCUT2D eigenvalue weighted by molar-refractivity contribution is 5.24. The van der Waals surface area contributed by atoms with Gasteiger partial charge < -0.3 is 9.88 Å². The van der Waals surface area contributed by atoms with Crippen molar-refractivity contribution in [3.8, 4) is 0 Å². The van der Waals surface area contributed by atoms with E-state index in [2.05, 4.69) is 28.5 Å². The lowest BCUT2D eigenvalue weighted by Gasteiger charge is -2.08. The molecule has 0 aliphatic rings. The Morgan fingerprint density at radius 3 is 2.68 bits per heavy atom. The van der Waals surface area contributed by atoms with Crippen LogP contribution in [0.15, 0.2) is 67.3 Å². The zero-order chi connectivity index (χ0) is 15.2. The van der Waals surface area contributed by atoms with Gasteiger partial charge in [-0.05, 0) is 17.2 Å². The molecule has 1 N–H and O–H groups in total. The number of hydrogen-bond donors (Lipinski definition) is 1. The molecule has 0 aliphatic carbocycles. The van der Waals surface area contributed by atoms with Gasteiger partial charge in [-0.15, -0.1) is 0 Å². The molecule has 0 saturated heterocycles. The van der Waals surface area contributed by atoms with Crippen molar-refractivity contribution in [3.05, 3.63) is 89.8 Å². The summed E-state index contributed by atoms with van der Waals surface area (Å²) >= 11 is 0. The molecule has 0 aliphatic heterocycles. The van der Waals surface area contributed by atoms with Crippen LogP contribution < -0.4 is 5.32 Å². The number of benzene rings is 2. The summed E-state index contributed by atoms with van der Waals surface area (Å²) in [6.45, 7) is 2.05. The number of hydrogen-bond acceptors (Lipinski definition) is 2. The summed E-state index contributed by atoms with van der Waals surface area (Å²) in [5.41, 5.74) is 3.11. The Bertz CT molecular complexity index is 723. The molecule has 112 valence electrons. The van der Waals surface area contributed by atoms with Gasteiger partial charge in [0.2, 0.25) is 0 Å². The summed E-state index contributed by atoms with van der Waals surface area (Å²) in [6.07, 6.45) is 5.53. The Morgan fingerprint density at radius 1 is 1.00 bits per heavy atom. The van der Waals surface area contributed by atoms with E-state index in [-0.39, 0.29) is 5.82 Å². The van der Waals surface area contributed by atoms with Crippen LogP contribution in [0.1, 0.15) is 16.7 Å². The second kappa shape index (κ2) is 7.00. The van der Waals surface area contributed by atoms with Crippen LogP contribution in [0, 0.1) is 5.82 Å². The van der Waals surface area contributed by atoms with Gasteiger partial charge >= 0.3 is 0 Å². The summed E-state index contributed by atoms with van der Waals surface area (Å²) in [7, 11) is 0. The minimum absolute atomic E-state index is 0.163. The first-order valence-electron chi connectivity index (χ1n) is 7.29. The maximum absolute atomic E-state index is 13.5. The molecule has 1 heterocycles. The molecule has 2 aromatic carbocycles. The SMILES string of the molecule is Fc1ccccc1CNCc1cccc(Cn2ccnc2)c1. The van der Waals surface area contributed by atoms with Gasteiger partial charge in [0.15, 0.2) is 0 Å². The van der Waals surface area contributed by atoms with E-state index in [4.69, 9.17) is 0 Å². The minimum Gasteiger partial charge on any atom is -0.333 e. The summed E-state index contributed by atoms with van der Waals surface area (Å²) < 4.78 is 15.6. The third-order valence-electron chi connectivity index (χ3n) is 3.52. The molecule has 0 saturated carbocycles. The van der Waals surface area contributed by atoms with Crippen molar-refractivity contribution in [1.29, 1.82) is 0 Å². The van der Waals surface area contributed by atoms with Crippen LogP contribution in [0.25, 0.3) is 0 Å². The second-order valence-electron chi connectivity index (χ2n) is 5.25. The Balaban J connectivity index is 1.58. The molecule has 0 amide bonds. The lowest BCUT2D eigenvalue weighted by Crippen LogP contribution is -2.14. The highest BCUT2D eigenvalue weighted by Crippen LogP contribution is 2.09. The van der Waals surface area contributed by atoms with E-state index in [1.807, 2.05) is 29.2 Å². The predicted molar refractivity (Wildman–Crippen MR) is 84.7 cm³/mol. The zero-order valence-electron chi connectivity index (χ0n) is 12.2. The van der Waals surface area contributed by atoms with Gasteiger partial charge in [0, 0.05) is 37.6 Å². The smallest absolute Gasteiger partial charge is 0.127 e. The van der Waals surface area contributed by atoms with Crippen LogP contribution in [-0.2, 0) is 19.6 Å². The average molecular weight is 295 g/mol. The van der Waals surface area contributed by atoms with Crippen molar-refractivity contribution in [2.24, 2.45) is 0 Å². The van der Waals surface area contributed by atoms with Crippen molar-refractivity contribution in [2.45, 2.75) is 19.6 Å². The standard InChI is InChI=1S/C18H18FN3/c19-18-7-2-1-6-17(18)12-21-11-15-4-3-5-16(10-15)13-22-9-8-20-14-22/h1-10,14,21H,11-13H2. The molecule has 3 nitrogen and oxygen atoms in total. The van der Waals surface area contributed by atoms with E-state index < -0.39 is 0 Å². The van der Waals surface area contributed by atoms with Crippen molar-refractivity contribution in [3.63, 3.8) is 0 Å². The topological polar surface area (TPSA) is 29.9 Å². The van der Waals surface area contributed by atoms with E-state index in [1.54, 1.807) is 18.3 Å². The molecule has 3 rings (SSSR count). The highest BCUT2D eigenvalue weighted by atomic mass is 19.1. The normalized spacial score (nSPS) is 10.8. The van der Waals surface area contributed by atoms with Crippen LogP contribution >= 0.6 is 0 Å². The van der Waals surface area contributed by atoms with Crippen LogP contribution in [0.3, 0.4) is 0 Å². The van der Waals surface area contributed by atoms with Crippen LogP contribution in [0.4, 0.5) is 4.39 Å². The molecule has 0 atom stereocenters. The van der Waals surface area contributed by atoms with Crippen LogP contribution in [0.2, 0.25) is 0 Å². The maximum Gasteiger partial charge on any atom is 0.127 e. The summed E-state index contributed by atoms with van der Waals surface area (Å²) in [5.74, 6) is -0.163. The Labute approximate surface area is 129 Å². The lowest BCUT2D eigenvalue weighted by atomic mass is 10.1. The fraction of sp³-hybridized carbons (Fsp3) is 0.167. The van der Waals surface area contributed by atoms with Gasteiger partial charge in [-0.1, -0.05) is 42.5 Å². The van der Waals surface area contributed by atoms with Crippen molar-refractivity contribution < 1.29 is 4.39 Å². The van der Waals surface area contributed by atoms with Gasteiger partial charge in [-0.2, -0.15) is 0 Å². The quantitative estimate of drug-likeness (QED) is 0.755. The van der Waals surface area contributed by atoms with Gasteiger partial charge in [0.1, 0.15) is 5.82 Å². The number of nitrogens with one attached hydrogen (secondary N) is 1. The average Bonchev–Trinajstić information content (AvgIpc) is 3.03. The first-order valence-corrected chi connectivity index (χ1v) is 7.29. The Hall–Kier alpha value is -2.46. The third-order valence-corrected chi connectivity index (χ3v) is 3.52. The molecule has 0 bridgehead atoms. The van der Waals surface area contributed by atoms with E-state index in [1.165, 1.54) is 17.2 Å². The zero-order valence-corrected chi connectivity index (χ0v) is 12.2. The van der Waals surface area contributed by atoms with E-state index in [0.29, 0.717) is 18.7 Å². The molecule has 1 aromatic heterocycles. The highest BCUT2D eigenvalue weighted by Gasteiger charge is 2.01. The number of halogens is 1. The largest absolute Gasteiger partial charge is 0.333 e. The van der Waals surface area contributed by atoms with Gasteiger partial charge in [0.25, 0.3) is 0 Å². The first-order chi connectivity index (χ1) is 10.8. The Morgan fingerprint density at radius 2 is 1.86 bits per heavy atom. The van der Waals surface area contributed by atoms with Crippen molar-refractivity contribution in [1.82, 2.24) is 14.9 Å². The van der Waals surface area contributed by atoms with Crippen molar-refractivity contribution >= 4 is 0 Å². The molecular formula is C18H18FN3.